The number of anilines is 1. The van der Waals surface area contributed by atoms with Crippen LogP contribution in [0.3, 0.4) is 0 Å². The average Bonchev–Trinajstić information content (AvgIpc) is 2.87. The maximum Gasteiger partial charge on any atom is 0.270 e. The Bertz CT molecular complexity index is 560. The van der Waals surface area contributed by atoms with Gasteiger partial charge in [-0.15, -0.1) is 0 Å². The molecule has 4 heteroatoms. The van der Waals surface area contributed by atoms with E-state index in [-0.39, 0.29) is 5.56 Å². The fraction of sp³-hybridized carbons (Fsp3) is 0.600. The standard InChI is InChI=1S/C15H21N3O/c1-11(2)10-18-12(3)8-14(13(9-16)15(18)19)17-6-4-5-7-17/h8,11H,4-7,10H2,1-3H3. The molecule has 2 heterocycles. The van der Waals surface area contributed by atoms with E-state index in [2.05, 4.69) is 24.8 Å². The zero-order chi connectivity index (χ0) is 14.0. The summed E-state index contributed by atoms with van der Waals surface area (Å²) in [4.78, 5) is 14.6. The van der Waals surface area contributed by atoms with Gasteiger partial charge in [0.05, 0.1) is 5.69 Å². The number of pyridine rings is 1. The lowest BCUT2D eigenvalue weighted by Gasteiger charge is -2.21. The minimum absolute atomic E-state index is 0.141. The minimum atomic E-state index is -0.141. The fourth-order valence-corrected chi connectivity index (χ4v) is 2.66. The molecule has 102 valence electrons. The first-order valence-electron chi connectivity index (χ1n) is 6.94. The predicted molar refractivity (Wildman–Crippen MR) is 76.4 cm³/mol. The smallest absolute Gasteiger partial charge is 0.270 e. The van der Waals surface area contributed by atoms with Crippen LogP contribution in [0, 0.1) is 24.2 Å². The Labute approximate surface area is 114 Å². The van der Waals surface area contributed by atoms with Crippen LogP contribution in [0.5, 0.6) is 0 Å². The van der Waals surface area contributed by atoms with E-state index in [0.717, 1.165) is 37.3 Å². The van der Waals surface area contributed by atoms with E-state index >= 15 is 0 Å². The lowest BCUT2D eigenvalue weighted by Crippen LogP contribution is -2.30. The first-order valence-corrected chi connectivity index (χ1v) is 6.94. The molecule has 0 spiro atoms. The number of aryl methyl sites for hydroxylation is 1. The van der Waals surface area contributed by atoms with E-state index in [1.165, 1.54) is 0 Å². The molecule has 1 aliphatic heterocycles. The lowest BCUT2D eigenvalue weighted by molar-refractivity contribution is 0.501. The lowest BCUT2D eigenvalue weighted by atomic mass is 10.1. The Morgan fingerprint density at radius 2 is 2.00 bits per heavy atom. The molecular weight excluding hydrogens is 238 g/mol. The molecule has 4 nitrogen and oxygen atoms in total. The van der Waals surface area contributed by atoms with Crippen LogP contribution in [0.4, 0.5) is 5.69 Å². The zero-order valence-corrected chi connectivity index (χ0v) is 11.9. The Balaban J connectivity index is 2.53. The average molecular weight is 259 g/mol. The molecular formula is C15H21N3O. The Morgan fingerprint density at radius 1 is 1.37 bits per heavy atom. The molecule has 19 heavy (non-hydrogen) atoms. The van der Waals surface area contributed by atoms with Crippen molar-refractivity contribution in [3.8, 4) is 6.07 Å². The van der Waals surface area contributed by atoms with Crippen molar-refractivity contribution in [3.63, 3.8) is 0 Å². The molecule has 0 atom stereocenters. The van der Waals surface area contributed by atoms with Crippen molar-refractivity contribution in [3.05, 3.63) is 27.7 Å². The second kappa shape index (κ2) is 5.48. The summed E-state index contributed by atoms with van der Waals surface area (Å²) in [6, 6.07) is 4.10. The van der Waals surface area contributed by atoms with Crippen molar-refractivity contribution in [2.45, 2.75) is 40.2 Å². The number of hydrogen-bond donors (Lipinski definition) is 0. The number of nitriles is 1. The molecule has 0 saturated carbocycles. The maximum atomic E-state index is 12.4. The highest BCUT2D eigenvalue weighted by atomic mass is 16.1. The zero-order valence-electron chi connectivity index (χ0n) is 11.9. The summed E-state index contributed by atoms with van der Waals surface area (Å²) in [6.07, 6.45) is 2.28. The molecule has 1 aliphatic rings. The van der Waals surface area contributed by atoms with Gasteiger partial charge < -0.3 is 9.47 Å². The molecule has 0 radical (unpaired) electrons. The van der Waals surface area contributed by atoms with Gasteiger partial charge in [0.15, 0.2) is 0 Å². The van der Waals surface area contributed by atoms with Gasteiger partial charge >= 0.3 is 0 Å². The van der Waals surface area contributed by atoms with E-state index < -0.39 is 0 Å². The first kappa shape index (κ1) is 13.7. The number of hydrogen-bond acceptors (Lipinski definition) is 3. The monoisotopic (exact) mass is 259 g/mol. The molecule has 0 N–H and O–H groups in total. The topological polar surface area (TPSA) is 49.0 Å². The Kier molecular flexibility index (Phi) is 3.94. The van der Waals surface area contributed by atoms with E-state index in [9.17, 15) is 10.1 Å². The number of aromatic nitrogens is 1. The molecule has 0 aliphatic carbocycles. The predicted octanol–water partition coefficient (Wildman–Crippen LogP) is 2.28. The summed E-state index contributed by atoms with van der Waals surface area (Å²) in [5.41, 5.74) is 1.92. The van der Waals surface area contributed by atoms with Gasteiger partial charge in [0, 0.05) is 25.3 Å². The number of nitrogens with zero attached hydrogens (tertiary/aromatic N) is 3. The third kappa shape index (κ3) is 2.65. The van der Waals surface area contributed by atoms with E-state index in [0.29, 0.717) is 18.0 Å². The van der Waals surface area contributed by atoms with Crippen LogP contribution in [-0.4, -0.2) is 17.7 Å². The van der Waals surface area contributed by atoms with Gasteiger partial charge in [-0.1, -0.05) is 13.8 Å². The second-order valence-corrected chi connectivity index (χ2v) is 5.66. The number of rotatable bonds is 3. The van der Waals surface area contributed by atoms with Crippen LogP contribution >= 0.6 is 0 Å². The Hall–Kier alpha value is -1.76. The normalized spacial score (nSPS) is 15.0. The van der Waals surface area contributed by atoms with Crippen molar-refractivity contribution in [1.82, 2.24) is 4.57 Å². The van der Waals surface area contributed by atoms with Crippen LogP contribution in [-0.2, 0) is 6.54 Å². The van der Waals surface area contributed by atoms with E-state index in [1.807, 2.05) is 13.0 Å². The third-order valence-corrected chi connectivity index (χ3v) is 3.59. The van der Waals surface area contributed by atoms with Crippen molar-refractivity contribution >= 4 is 5.69 Å². The second-order valence-electron chi connectivity index (χ2n) is 5.66. The van der Waals surface area contributed by atoms with Crippen molar-refractivity contribution in [2.24, 2.45) is 5.92 Å². The highest BCUT2D eigenvalue weighted by molar-refractivity contribution is 5.59. The van der Waals surface area contributed by atoms with Crippen molar-refractivity contribution in [2.75, 3.05) is 18.0 Å². The Morgan fingerprint density at radius 3 is 2.53 bits per heavy atom. The molecule has 0 aromatic carbocycles. The van der Waals surface area contributed by atoms with Crippen LogP contribution in [0.15, 0.2) is 10.9 Å². The van der Waals surface area contributed by atoms with Gasteiger partial charge in [0.2, 0.25) is 0 Å². The molecule has 1 aromatic rings. The van der Waals surface area contributed by atoms with Crippen LogP contribution in [0.2, 0.25) is 0 Å². The van der Waals surface area contributed by atoms with Gasteiger partial charge in [0.1, 0.15) is 11.6 Å². The summed E-state index contributed by atoms with van der Waals surface area (Å²) in [7, 11) is 0. The quantitative estimate of drug-likeness (QED) is 0.836. The molecule has 0 amide bonds. The molecule has 2 rings (SSSR count). The van der Waals surface area contributed by atoms with Gasteiger partial charge in [-0.2, -0.15) is 5.26 Å². The third-order valence-electron chi connectivity index (χ3n) is 3.59. The summed E-state index contributed by atoms with van der Waals surface area (Å²) in [5, 5.41) is 9.32. The SMILES string of the molecule is Cc1cc(N2CCCC2)c(C#N)c(=O)n1CC(C)C. The largest absolute Gasteiger partial charge is 0.370 e. The fourth-order valence-electron chi connectivity index (χ4n) is 2.66. The van der Waals surface area contributed by atoms with Crippen LogP contribution in [0.25, 0.3) is 0 Å². The molecule has 0 unspecified atom stereocenters. The van der Waals surface area contributed by atoms with E-state index in [1.54, 1.807) is 4.57 Å². The minimum Gasteiger partial charge on any atom is -0.370 e. The van der Waals surface area contributed by atoms with Crippen molar-refractivity contribution < 1.29 is 0 Å². The molecule has 1 aromatic heterocycles. The summed E-state index contributed by atoms with van der Waals surface area (Å²) in [6.45, 7) is 8.66. The molecule has 1 fully saturated rings. The van der Waals surface area contributed by atoms with Gasteiger partial charge in [-0.05, 0) is 31.7 Å². The first-order chi connectivity index (χ1) is 9.04. The van der Waals surface area contributed by atoms with E-state index in [4.69, 9.17) is 0 Å². The maximum absolute atomic E-state index is 12.4. The van der Waals surface area contributed by atoms with Gasteiger partial charge in [-0.3, -0.25) is 4.79 Å². The molecule has 0 bridgehead atoms. The molecule has 1 saturated heterocycles. The van der Waals surface area contributed by atoms with Crippen molar-refractivity contribution in [1.29, 1.82) is 5.26 Å². The highest BCUT2D eigenvalue weighted by Gasteiger charge is 2.20. The highest BCUT2D eigenvalue weighted by Crippen LogP contribution is 2.23. The summed E-state index contributed by atoms with van der Waals surface area (Å²) in [5.74, 6) is 0.389. The summed E-state index contributed by atoms with van der Waals surface area (Å²) >= 11 is 0. The summed E-state index contributed by atoms with van der Waals surface area (Å²) < 4.78 is 1.72. The van der Waals surface area contributed by atoms with Crippen LogP contribution < -0.4 is 10.5 Å². The van der Waals surface area contributed by atoms with Crippen LogP contribution in [0.1, 0.15) is 37.9 Å². The van der Waals surface area contributed by atoms with Gasteiger partial charge in [-0.25, -0.2) is 0 Å². The van der Waals surface area contributed by atoms with Gasteiger partial charge in [0.25, 0.3) is 5.56 Å².